The molecule has 3 rings (SSSR count). The predicted octanol–water partition coefficient (Wildman–Crippen LogP) is 3.41. The van der Waals surface area contributed by atoms with Gasteiger partial charge in [0.05, 0.1) is 19.7 Å². The number of aromatic nitrogens is 1. The Hall–Kier alpha value is -2.95. The molecule has 5 heteroatoms. The number of nitrogens with zero attached hydrogens (tertiary/aromatic N) is 1. The van der Waals surface area contributed by atoms with Crippen LogP contribution in [0.25, 0.3) is 10.9 Å². The van der Waals surface area contributed by atoms with Gasteiger partial charge in [-0.25, -0.2) is 4.79 Å². The van der Waals surface area contributed by atoms with Gasteiger partial charge in [0.15, 0.2) is 0 Å². The van der Waals surface area contributed by atoms with Crippen LogP contribution < -0.4 is 9.47 Å². The maximum absolute atomic E-state index is 11.6. The van der Waals surface area contributed by atoms with Crippen molar-refractivity contribution in [3.63, 3.8) is 0 Å². The van der Waals surface area contributed by atoms with Gasteiger partial charge in [-0.15, -0.1) is 0 Å². The molecule has 0 saturated heterocycles. The summed E-state index contributed by atoms with van der Waals surface area (Å²) in [5.41, 5.74) is 2.04. The minimum absolute atomic E-state index is 0.246. The molecule has 0 aliphatic heterocycles. The van der Waals surface area contributed by atoms with Crippen LogP contribution in [0.5, 0.6) is 11.5 Å². The van der Waals surface area contributed by atoms with Gasteiger partial charge >= 0.3 is 5.97 Å². The first-order chi connectivity index (χ1) is 11.1. The van der Waals surface area contributed by atoms with Gasteiger partial charge in [-0.3, -0.25) is 0 Å². The van der Waals surface area contributed by atoms with E-state index in [1.54, 1.807) is 24.9 Å². The first-order valence-corrected chi connectivity index (χ1v) is 7.16. The summed E-state index contributed by atoms with van der Waals surface area (Å²) in [7, 11) is 3.20. The number of carbonyl (C=O) groups is 1. The number of hydrogen-bond acceptors (Lipinski definition) is 3. The second-order valence-electron chi connectivity index (χ2n) is 5.20. The van der Waals surface area contributed by atoms with E-state index in [1.807, 2.05) is 42.5 Å². The van der Waals surface area contributed by atoms with Gasteiger partial charge in [0.1, 0.15) is 17.2 Å². The Bertz CT molecular complexity index is 867. The van der Waals surface area contributed by atoms with E-state index < -0.39 is 5.97 Å². The maximum Gasteiger partial charge on any atom is 0.352 e. The van der Waals surface area contributed by atoms with Gasteiger partial charge < -0.3 is 19.1 Å². The molecule has 1 heterocycles. The molecule has 0 aliphatic rings. The van der Waals surface area contributed by atoms with E-state index in [9.17, 15) is 9.90 Å². The van der Waals surface area contributed by atoms with Crippen molar-refractivity contribution in [1.29, 1.82) is 0 Å². The maximum atomic E-state index is 11.6. The van der Waals surface area contributed by atoms with Gasteiger partial charge in [0.25, 0.3) is 0 Å². The molecule has 0 amide bonds. The Morgan fingerprint density at radius 1 is 1.04 bits per heavy atom. The highest BCUT2D eigenvalue weighted by Crippen LogP contribution is 2.26. The van der Waals surface area contributed by atoms with Crippen molar-refractivity contribution in [2.24, 2.45) is 0 Å². The van der Waals surface area contributed by atoms with Crippen molar-refractivity contribution >= 4 is 16.9 Å². The number of methoxy groups -OCH3 is 2. The van der Waals surface area contributed by atoms with E-state index in [0.29, 0.717) is 12.3 Å². The van der Waals surface area contributed by atoms with E-state index in [4.69, 9.17) is 9.47 Å². The van der Waals surface area contributed by atoms with E-state index in [1.165, 1.54) is 0 Å². The summed E-state index contributed by atoms with van der Waals surface area (Å²) in [6.45, 7) is 0.440. The van der Waals surface area contributed by atoms with Crippen LogP contribution in [0.15, 0.2) is 48.5 Å². The van der Waals surface area contributed by atoms with Crippen LogP contribution in [0.4, 0.5) is 0 Å². The number of hydrogen-bond donors (Lipinski definition) is 1. The Balaban J connectivity index is 2.13. The monoisotopic (exact) mass is 311 g/mol. The molecule has 23 heavy (non-hydrogen) atoms. The zero-order chi connectivity index (χ0) is 16.4. The number of ether oxygens (including phenoxy) is 2. The average Bonchev–Trinajstić information content (AvgIpc) is 2.93. The third kappa shape index (κ3) is 2.85. The highest BCUT2D eigenvalue weighted by Gasteiger charge is 2.15. The van der Waals surface area contributed by atoms with E-state index in [-0.39, 0.29) is 5.69 Å². The summed E-state index contributed by atoms with van der Waals surface area (Å²) >= 11 is 0. The number of aromatic carboxylic acids is 1. The van der Waals surface area contributed by atoms with E-state index in [2.05, 4.69) is 0 Å². The summed E-state index contributed by atoms with van der Waals surface area (Å²) < 4.78 is 12.3. The molecule has 0 spiro atoms. The van der Waals surface area contributed by atoms with Crippen LogP contribution in [0.1, 0.15) is 16.1 Å². The van der Waals surface area contributed by atoms with Crippen molar-refractivity contribution < 1.29 is 19.4 Å². The summed E-state index contributed by atoms with van der Waals surface area (Å²) in [6, 6.07) is 14.8. The molecule has 0 aliphatic carbocycles. The van der Waals surface area contributed by atoms with Crippen molar-refractivity contribution in [3.05, 3.63) is 59.8 Å². The van der Waals surface area contributed by atoms with Crippen LogP contribution in [0.3, 0.4) is 0 Å². The zero-order valence-corrected chi connectivity index (χ0v) is 12.9. The molecule has 0 unspecified atom stereocenters. The molecule has 0 bridgehead atoms. The Labute approximate surface area is 133 Å². The molecular weight excluding hydrogens is 294 g/mol. The van der Waals surface area contributed by atoms with Gasteiger partial charge in [-0.2, -0.15) is 0 Å². The SMILES string of the molecule is COc1cccc(Cn2c(C(=O)O)cc3ccc(OC)cc32)c1. The number of benzene rings is 2. The summed E-state index contributed by atoms with van der Waals surface area (Å²) in [4.78, 5) is 11.6. The van der Waals surface area contributed by atoms with Gasteiger partial charge in [0, 0.05) is 18.0 Å². The summed E-state index contributed by atoms with van der Waals surface area (Å²) in [6.07, 6.45) is 0. The predicted molar refractivity (Wildman–Crippen MR) is 87.5 cm³/mol. The highest BCUT2D eigenvalue weighted by atomic mass is 16.5. The van der Waals surface area contributed by atoms with E-state index >= 15 is 0 Å². The van der Waals surface area contributed by atoms with Gasteiger partial charge in [0.2, 0.25) is 0 Å². The number of carboxylic acids is 1. The van der Waals surface area contributed by atoms with Crippen LogP contribution in [-0.4, -0.2) is 29.9 Å². The normalized spacial score (nSPS) is 10.7. The number of carboxylic acid groups (broad SMARTS) is 1. The number of fused-ring (bicyclic) bond motifs is 1. The molecule has 0 fully saturated rings. The molecule has 1 N–H and O–H groups in total. The minimum Gasteiger partial charge on any atom is -0.497 e. The second kappa shape index (κ2) is 6.04. The van der Waals surface area contributed by atoms with Gasteiger partial charge in [-0.05, 0) is 35.9 Å². The van der Waals surface area contributed by atoms with Crippen molar-refractivity contribution in [2.75, 3.05) is 14.2 Å². The van der Waals surface area contributed by atoms with Crippen molar-refractivity contribution in [3.8, 4) is 11.5 Å². The quantitative estimate of drug-likeness (QED) is 0.784. The Morgan fingerprint density at radius 2 is 1.78 bits per heavy atom. The van der Waals surface area contributed by atoms with Crippen molar-refractivity contribution in [2.45, 2.75) is 6.54 Å². The lowest BCUT2D eigenvalue weighted by Crippen LogP contribution is -2.09. The van der Waals surface area contributed by atoms with Crippen molar-refractivity contribution in [1.82, 2.24) is 4.57 Å². The first-order valence-electron chi connectivity index (χ1n) is 7.16. The minimum atomic E-state index is -0.955. The summed E-state index contributed by atoms with van der Waals surface area (Å²) in [5, 5.41) is 10.4. The average molecular weight is 311 g/mol. The van der Waals surface area contributed by atoms with Crippen LogP contribution in [0.2, 0.25) is 0 Å². The fourth-order valence-corrected chi connectivity index (χ4v) is 2.66. The van der Waals surface area contributed by atoms with E-state index in [0.717, 1.165) is 22.2 Å². The largest absolute Gasteiger partial charge is 0.497 e. The lowest BCUT2D eigenvalue weighted by molar-refractivity contribution is 0.0686. The highest BCUT2D eigenvalue weighted by molar-refractivity contribution is 5.95. The van der Waals surface area contributed by atoms with Crippen LogP contribution in [0, 0.1) is 0 Å². The molecular formula is C18H17NO4. The molecule has 1 aromatic heterocycles. The zero-order valence-electron chi connectivity index (χ0n) is 12.9. The summed E-state index contributed by atoms with van der Waals surface area (Å²) in [5.74, 6) is 0.482. The van der Waals surface area contributed by atoms with Crippen LogP contribution in [-0.2, 0) is 6.54 Å². The lowest BCUT2D eigenvalue weighted by Gasteiger charge is -2.10. The standard InChI is InChI=1S/C18H17NO4/c1-22-14-5-3-4-12(8-14)11-19-16-10-15(23-2)7-6-13(16)9-17(19)18(20)21/h3-10H,11H2,1-2H3,(H,20,21). The molecule has 0 saturated carbocycles. The first kappa shape index (κ1) is 15.0. The second-order valence-corrected chi connectivity index (χ2v) is 5.20. The smallest absolute Gasteiger partial charge is 0.352 e. The molecule has 0 atom stereocenters. The fourth-order valence-electron chi connectivity index (χ4n) is 2.66. The lowest BCUT2D eigenvalue weighted by atomic mass is 10.2. The Morgan fingerprint density at radius 3 is 2.48 bits per heavy atom. The van der Waals surface area contributed by atoms with Crippen LogP contribution >= 0.6 is 0 Å². The molecule has 118 valence electrons. The fraction of sp³-hybridized carbons (Fsp3) is 0.167. The number of rotatable bonds is 5. The molecule has 5 nitrogen and oxygen atoms in total. The van der Waals surface area contributed by atoms with Gasteiger partial charge in [-0.1, -0.05) is 12.1 Å². The topological polar surface area (TPSA) is 60.7 Å². The molecule has 2 aromatic carbocycles. The third-order valence-corrected chi connectivity index (χ3v) is 3.81. The Kier molecular flexibility index (Phi) is 3.93. The molecule has 0 radical (unpaired) electrons. The molecule has 3 aromatic rings. The third-order valence-electron chi connectivity index (χ3n) is 3.81.